The fraction of sp³-hybridized carbons (Fsp3) is 0.435. The van der Waals surface area contributed by atoms with E-state index in [1.165, 1.54) is 13.0 Å². The Morgan fingerprint density at radius 2 is 1.81 bits per heavy atom. The van der Waals surface area contributed by atoms with E-state index in [0.717, 1.165) is 30.2 Å². The van der Waals surface area contributed by atoms with Gasteiger partial charge >= 0.3 is 0 Å². The molecule has 0 atom stereocenters. The first-order chi connectivity index (χ1) is 15.2. The molecule has 2 heterocycles. The minimum Gasteiger partial charge on any atom is -0.312 e. The van der Waals surface area contributed by atoms with Crippen molar-refractivity contribution in [2.24, 2.45) is 0 Å². The Bertz CT molecular complexity index is 1120. The molecule has 0 aromatic heterocycles. The Hall–Kier alpha value is -2.36. The summed E-state index contributed by atoms with van der Waals surface area (Å²) >= 11 is 0. The van der Waals surface area contributed by atoms with E-state index >= 15 is 0 Å². The molecule has 6 nitrogen and oxygen atoms in total. The third-order valence-corrected chi connectivity index (χ3v) is 7.68. The molecule has 0 spiro atoms. The standard InChI is InChI=1S/C23H27F2N3O3S/c1-16(29)28-10-2-3-18-14-20(5-7-23(18)28)32(30,31)26-19-8-11-27(12-9-19)15-17-4-6-21(24)22(25)13-17/h4-7,13-14,19,26H,2-3,8-12,15H2,1H3. The third kappa shape index (κ3) is 5.00. The Labute approximate surface area is 187 Å². The minimum absolute atomic E-state index is 0.0465. The fourth-order valence-corrected chi connectivity index (χ4v) is 5.82. The fourth-order valence-electron chi connectivity index (χ4n) is 4.46. The molecule has 1 N–H and O–H groups in total. The van der Waals surface area contributed by atoms with Gasteiger partial charge in [0.15, 0.2) is 11.6 Å². The molecule has 0 unspecified atom stereocenters. The van der Waals surface area contributed by atoms with Crippen LogP contribution < -0.4 is 9.62 Å². The number of carbonyl (C=O) groups excluding carboxylic acids is 1. The Morgan fingerprint density at radius 3 is 2.50 bits per heavy atom. The lowest BCUT2D eigenvalue weighted by molar-refractivity contribution is -0.116. The number of piperidine rings is 1. The van der Waals surface area contributed by atoms with Gasteiger partial charge in [0.2, 0.25) is 15.9 Å². The molecule has 0 bridgehead atoms. The smallest absolute Gasteiger partial charge is 0.240 e. The first kappa shape index (κ1) is 22.8. The molecule has 1 amide bonds. The van der Waals surface area contributed by atoms with Gasteiger partial charge in [0, 0.05) is 44.8 Å². The van der Waals surface area contributed by atoms with Crippen LogP contribution in [0.1, 0.15) is 37.3 Å². The molecule has 0 radical (unpaired) electrons. The lowest BCUT2D eigenvalue weighted by Gasteiger charge is -2.32. The molecule has 32 heavy (non-hydrogen) atoms. The second kappa shape index (κ2) is 9.25. The van der Waals surface area contributed by atoms with E-state index in [9.17, 15) is 22.0 Å². The maximum absolute atomic E-state index is 13.4. The number of rotatable bonds is 5. The van der Waals surface area contributed by atoms with Gasteiger partial charge in [-0.1, -0.05) is 6.07 Å². The first-order valence-electron chi connectivity index (χ1n) is 10.8. The zero-order valence-corrected chi connectivity index (χ0v) is 18.8. The zero-order valence-electron chi connectivity index (χ0n) is 18.0. The predicted molar refractivity (Wildman–Crippen MR) is 118 cm³/mol. The van der Waals surface area contributed by atoms with Crippen LogP contribution in [0.25, 0.3) is 0 Å². The van der Waals surface area contributed by atoms with Gasteiger partial charge in [-0.2, -0.15) is 0 Å². The molecular weight excluding hydrogens is 436 g/mol. The van der Waals surface area contributed by atoms with Crippen molar-refractivity contribution >= 4 is 21.6 Å². The number of hydrogen-bond acceptors (Lipinski definition) is 4. The lowest BCUT2D eigenvalue weighted by Crippen LogP contribution is -2.44. The summed E-state index contributed by atoms with van der Waals surface area (Å²) in [6, 6.07) is 8.65. The summed E-state index contributed by atoms with van der Waals surface area (Å²) < 4.78 is 55.3. The van der Waals surface area contributed by atoms with Gasteiger partial charge < -0.3 is 4.90 Å². The predicted octanol–water partition coefficient (Wildman–Crippen LogP) is 3.21. The number of halogens is 2. The molecule has 4 rings (SSSR count). The molecule has 2 aliphatic heterocycles. The Balaban J connectivity index is 1.37. The molecule has 0 aliphatic carbocycles. The molecule has 172 valence electrons. The summed E-state index contributed by atoms with van der Waals surface area (Å²) in [5, 5.41) is 0. The second-order valence-corrected chi connectivity index (χ2v) is 10.2. The van der Waals surface area contributed by atoms with Crippen molar-refractivity contribution in [3.63, 3.8) is 0 Å². The number of amides is 1. The molecule has 1 saturated heterocycles. The van der Waals surface area contributed by atoms with Crippen molar-refractivity contribution in [3.8, 4) is 0 Å². The van der Waals surface area contributed by atoms with Crippen LogP contribution in [-0.2, 0) is 27.8 Å². The number of sulfonamides is 1. The number of aryl methyl sites for hydroxylation is 1. The van der Waals surface area contributed by atoms with Crippen molar-refractivity contribution in [2.75, 3.05) is 24.5 Å². The van der Waals surface area contributed by atoms with Gasteiger partial charge in [0.05, 0.1) is 4.90 Å². The lowest BCUT2D eigenvalue weighted by atomic mass is 10.0. The summed E-state index contributed by atoms with van der Waals surface area (Å²) in [7, 11) is -3.68. The van der Waals surface area contributed by atoms with Crippen LogP contribution in [0.3, 0.4) is 0 Å². The molecule has 1 fully saturated rings. The summed E-state index contributed by atoms with van der Waals surface area (Å²) in [6.07, 6.45) is 2.81. The van der Waals surface area contributed by atoms with Crippen molar-refractivity contribution in [2.45, 2.75) is 50.1 Å². The summed E-state index contributed by atoms with van der Waals surface area (Å²) in [5.74, 6) is -1.77. The highest BCUT2D eigenvalue weighted by Gasteiger charge is 2.27. The van der Waals surface area contributed by atoms with Crippen LogP contribution in [0.2, 0.25) is 0 Å². The Morgan fingerprint density at radius 1 is 1.06 bits per heavy atom. The highest BCUT2D eigenvalue weighted by molar-refractivity contribution is 7.89. The SMILES string of the molecule is CC(=O)N1CCCc2cc(S(=O)(=O)NC3CCN(Cc4ccc(F)c(F)c4)CC3)ccc21. The molecule has 2 aliphatic rings. The minimum atomic E-state index is -3.68. The van der Waals surface area contributed by atoms with E-state index in [1.54, 1.807) is 29.2 Å². The van der Waals surface area contributed by atoms with Gasteiger partial charge in [0.25, 0.3) is 0 Å². The second-order valence-electron chi connectivity index (χ2n) is 8.48. The largest absolute Gasteiger partial charge is 0.312 e. The first-order valence-corrected chi connectivity index (χ1v) is 12.3. The van der Waals surface area contributed by atoms with Crippen LogP contribution in [0, 0.1) is 11.6 Å². The molecule has 2 aromatic carbocycles. The summed E-state index contributed by atoms with van der Waals surface area (Å²) in [6.45, 7) is 3.97. The third-order valence-electron chi connectivity index (χ3n) is 6.16. The highest BCUT2D eigenvalue weighted by atomic mass is 32.2. The van der Waals surface area contributed by atoms with Gasteiger partial charge in [-0.3, -0.25) is 9.69 Å². The topological polar surface area (TPSA) is 69.7 Å². The molecular formula is C23H27F2N3O3S. The van der Waals surface area contributed by atoms with E-state index in [4.69, 9.17) is 0 Å². The molecule has 2 aromatic rings. The number of anilines is 1. The van der Waals surface area contributed by atoms with Gasteiger partial charge in [-0.25, -0.2) is 21.9 Å². The zero-order chi connectivity index (χ0) is 22.9. The van der Waals surface area contributed by atoms with Crippen LogP contribution in [-0.4, -0.2) is 44.9 Å². The van der Waals surface area contributed by atoms with E-state index in [1.807, 2.05) is 0 Å². The van der Waals surface area contributed by atoms with Crippen molar-refractivity contribution in [3.05, 3.63) is 59.2 Å². The summed E-state index contributed by atoms with van der Waals surface area (Å²) in [4.78, 5) is 15.8. The van der Waals surface area contributed by atoms with Crippen molar-refractivity contribution in [1.29, 1.82) is 0 Å². The van der Waals surface area contributed by atoms with Gasteiger partial charge in [-0.15, -0.1) is 0 Å². The van der Waals surface area contributed by atoms with E-state index in [-0.39, 0.29) is 16.8 Å². The van der Waals surface area contributed by atoms with Crippen molar-refractivity contribution in [1.82, 2.24) is 9.62 Å². The van der Waals surface area contributed by atoms with Crippen LogP contribution in [0.15, 0.2) is 41.3 Å². The van der Waals surface area contributed by atoms with Crippen molar-refractivity contribution < 1.29 is 22.0 Å². The van der Waals surface area contributed by atoms with Crippen LogP contribution in [0.5, 0.6) is 0 Å². The molecule has 9 heteroatoms. The normalized spacial score (nSPS) is 17.9. The van der Waals surface area contributed by atoms with E-state index < -0.39 is 21.7 Å². The van der Waals surface area contributed by atoms with E-state index in [2.05, 4.69) is 9.62 Å². The average Bonchev–Trinajstić information content (AvgIpc) is 2.76. The quantitative estimate of drug-likeness (QED) is 0.740. The number of nitrogens with zero attached hydrogens (tertiary/aromatic N) is 2. The summed E-state index contributed by atoms with van der Waals surface area (Å²) in [5.41, 5.74) is 2.35. The maximum atomic E-state index is 13.4. The van der Waals surface area contributed by atoms with Gasteiger partial charge in [-0.05, 0) is 67.1 Å². The number of fused-ring (bicyclic) bond motifs is 1. The van der Waals surface area contributed by atoms with E-state index in [0.29, 0.717) is 44.6 Å². The van der Waals surface area contributed by atoms with Crippen LogP contribution >= 0.6 is 0 Å². The number of hydrogen-bond donors (Lipinski definition) is 1. The maximum Gasteiger partial charge on any atom is 0.240 e. The average molecular weight is 464 g/mol. The number of carbonyl (C=O) groups is 1. The van der Waals surface area contributed by atoms with Crippen LogP contribution in [0.4, 0.5) is 14.5 Å². The number of benzene rings is 2. The monoisotopic (exact) mass is 463 g/mol. The number of nitrogens with one attached hydrogen (secondary N) is 1. The number of likely N-dealkylation sites (tertiary alicyclic amines) is 1. The Kier molecular flexibility index (Phi) is 6.60. The highest BCUT2D eigenvalue weighted by Crippen LogP contribution is 2.30. The molecule has 0 saturated carbocycles. The van der Waals surface area contributed by atoms with Gasteiger partial charge in [0.1, 0.15) is 0 Å².